The van der Waals surface area contributed by atoms with E-state index in [0.29, 0.717) is 0 Å². The Morgan fingerprint density at radius 3 is 2.57 bits per heavy atom. The minimum atomic E-state index is -0.0773. The molecule has 0 radical (unpaired) electrons. The van der Waals surface area contributed by atoms with Gasteiger partial charge >= 0.3 is 0 Å². The molecule has 21 heavy (non-hydrogen) atoms. The molecule has 2 N–H and O–H groups in total. The van der Waals surface area contributed by atoms with Crippen LogP contribution in [0.2, 0.25) is 0 Å². The summed E-state index contributed by atoms with van der Waals surface area (Å²) in [5.74, 6) is 1.73. The Labute approximate surface area is 128 Å². The fourth-order valence-corrected chi connectivity index (χ4v) is 3.18. The summed E-state index contributed by atoms with van der Waals surface area (Å²) in [5, 5.41) is 6.12. The minimum Gasteiger partial charge on any atom is -0.325 e. The van der Waals surface area contributed by atoms with E-state index in [1.165, 1.54) is 11.1 Å². The van der Waals surface area contributed by atoms with Gasteiger partial charge in [0, 0.05) is 29.7 Å². The lowest BCUT2D eigenvalue weighted by molar-refractivity contribution is -0.117. The van der Waals surface area contributed by atoms with Gasteiger partial charge in [0.15, 0.2) is 0 Å². The van der Waals surface area contributed by atoms with Crippen molar-refractivity contribution >= 4 is 23.4 Å². The van der Waals surface area contributed by atoms with Gasteiger partial charge in [-0.05, 0) is 41.8 Å². The number of nitrogens with zero attached hydrogens (tertiary/aromatic N) is 1. The van der Waals surface area contributed by atoms with Crippen LogP contribution in [0.5, 0.6) is 0 Å². The SMILES string of the molecule is O=C(Nc1ccc(Cc2ccncc2)cc1)C1CSCN1. The summed E-state index contributed by atoms with van der Waals surface area (Å²) in [6.07, 6.45) is 4.48. The monoisotopic (exact) mass is 299 g/mol. The molecule has 1 unspecified atom stereocenters. The normalized spacial score (nSPS) is 17.6. The van der Waals surface area contributed by atoms with Crippen molar-refractivity contribution in [1.29, 1.82) is 0 Å². The van der Waals surface area contributed by atoms with Gasteiger partial charge < -0.3 is 5.32 Å². The second-order valence-electron chi connectivity index (χ2n) is 4.99. The molecule has 1 aromatic heterocycles. The maximum atomic E-state index is 12.0. The molecule has 2 heterocycles. The highest BCUT2D eigenvalue weighted by Gasteiger charge is 2.22. The van der Waals surface area contributed by atoms with E-state index in [2.05, 4.69) is 15.6 Å². The van der Waals surface area contributed by atoms with Crippen molar-refractivity contribution in [2.75, 3.05) is 16.9 Å². The fraction of sp³-hybridized carbons (Fsp3) is 0.250. The molecule has 0 spiro atoms. The molecular formula is C16H17N3OS. The zero-order valence-corrected chi connectivity index (χ0v) is 12.4. The number of anilines is 1. The third-order valence-corrected chi connectivity index (χ3v) is 4.35. The standard InChI is InChI=1S/C16H17N3OS/c20-16(15-10-21-11-18-15)19-14-3-1-12(2-4-14)9-13-5-7-17-8-6-13/h1-8,15,18H,9-11H2,(H,19,20). The Morgan fingerprint density at radius 1 is 1.19 bits per heavy atom. The van der Waals surface area contributed by atoms with Crippen molar-refractivity contribution in [2.24, 2.45) is 0 Å². The third kappa shape index (κ3) is 3.83. The molecule has 0 saturated carbocycles. The van der Waals surface area contributed by atoms with Crippen LogP contribution in [0.1, 0.15) is 11.1 Å². The van der Waals surface area contributed by atoms with Crippen molar-refractivity contribution in [3.63, 3.8) is 0 Å². The Hall–Kier alpha value is -1.85. The van der Waals surface area contributed by atoms with Crippen LogP contribution in [-0.2, 0) is 11.2 Å². The zero-order chi connectivity index (χ0) is 14.5. The van der Waals surface area contributed by atoms with Crippen LogP contribution < -0.4 is 10.6 Å². The minimum absolute atomic E-state index is 0.0434. The van der Waals surface area contributed by atoms with Crippen molar-refractivity contribution in [3.8, 4) is 0 Å². The van der Waals surface area contributed by atoms with E-state index in [0.717, 1.165) is 23.7 Å². The summed E-state index contributed by atoms with van der Waals surface area (Å²) in [4.78, 5) is 16.0. The molecule has 2 aromatic rings. The first-order valence-electron chi connectivity index (χ1n) is 6.91. The predicted molar refractivity (Wildman–Crippen MR) is 86.4 cm³/mol. The van der Waals surface area contributed by atoms with E-state index in [1.807, 2.05) is 36.4 Å². The van der Waals surface area contributed by atoms with Crippen LogP contribution in [0.4, 0.5) is 5.69 Å². The van der Waals surface area contributed by atoms with E-state index in [-0.39, 0.29) is 11.9 Å². The number of amides is 1. The van der Waals surface area contributed by atoms with Gasteiger partial charge in [-0.25, -0.2) is 0 Å². The maximum Gasteiger partial charge on any atom is 0.242 e. The van der Waals surface area contributed by atoms with Crippen LogP contribution in [-0.4, -0.2) is 28.6 Å². The molecule has 0 aliphatic carbocycles. The van der Waals surface area contributed by atoms with E-state index >= 15 is 0 Å². The number of aromatic nitrogens is 1. The van der Waals surface area contributed by atoms with Gasteiger partial charge in [0.1, 0.15) is 0 Å². The molecule has 1 fully saturated rings. The largest absolute Gasteiger partial charge is 0.325 e. The molecule has 1 aliphatic heterocycles. The summed E-state index contributed by atoms with van der Waals surface area (Å²) < 4.78 is 0. The molecule has 1 saturated heterocycles. The molecule has 1 atom stereocenters. The highest BCUT2D eigenvalue weighted by Crippen LogP contribution is 2.15. The summed E-state index contributed by atoms with van der Waals surface area (Å²) in [6.45, 7) is 0. The lowest BCUT2D eigenvalue weighted by Gasteiger charge is -2.11. The number of benzene rings is 1. The number of hydrogen-bond acceptors (Lipinski definition) is 4. The third-order valence-electron chi connectivity index (χ3n) is 3.41. The number of carbonyl (C=O) groups is 1. The molecule has 1 amide bonds. The first kappa shape index (κ1) is 14.1. The molecule has 1 aromatic carbocycles. The molecule has 108 valence electrons. The van der Waals surface area contributed by atoms with Crippen molar-refractivity contribution in [2.45, 2.75) is 12.5 Å². The smallest absolute Gasteiger partial charge is 0.242 e. The van der Waals surface area contributed by atoms with Gasteiger partial charge in [0.05, 0.1) is 6.04 Å². The Morgan fingerprint density at radius 2 is 1.90 bits per heavy atom. The summed E-state index contributed by atoms with van der Waals surface area (Å²) in [7, 11) is 0. The van der Waals surface area contributed by atoms with Gasteiger partial charge in [-0.15, -0.1) is 11.8 Å². The average molecular weight is 299 g/mol. The van der Waals surface area contributed by atoms with Crippen LogP contribution in [0.15, 0.2) is 48.8 Å². The zero-order valence-electron chi connectivity index (χ0n) is 11.6. The second-order valence-corrected chi connectivity index (χ2v) is 6.02. The van der Waals surface area contributed by atoms with Crippen LogP contribution in [0.25, 0.3) is 0 Å². The lowest BCUT2D eigenvalue weighted by Crippen LogP contribution is -2.37. The summed E-state index contributed by atoms with van der Waals surface area (Å²) >= 11 is 1.75. The van der Waals surface area contributed by atoms with Crippen molar-refractivity contribution in [1.82, 2.24) is 10.3 Å². The maximum absolute atomic E-state index is 12.0. The topological polar surface area (TPSA) is 54.0 Å². The number of carbonyl (C=O) groups excluding carboxylic acids is 1. The molecular weight excluding hydrogens is 282 g/mol. The molecule has 0 bridgehead atoms. The van der Waals surface area contributed by atoms with Crippen LogP contribution in [0.3, 0.4) is 0 Å². The summed E-state index contributed by atoms with van der Waals surface area (Å²) in [6, 6.07) is 12.0. The first-order chi connectivity index (χ1) is 10.3. The average Bonchev–Trinajstić information content (AvgIpc) is 3.05. The summed E-state index contributed by atoms with van der Waals surface area (Å²) in [5.41, 5.74) is 3.29. The van der Waals surface area contributed by atoms with Gasteiger partial charge in [0.25, 0.3) is 0 Å². The van der Waals surface area contributed by atoms with Gasteiger partial charge in [-0.2, -0.15) is 0 Å². The molecule has 3 rings (SSSR count). The van der Waals surface area contributed by atoms with Crippen LogP contribution >= 0.6 is 11.8 Å². The fourth-order valence-electron chi connectivity index (χ4n) is 2.24. The molecule has 5 heteroatoms. The number of thioether (sulfide) groups is 1. The number of rotatable bonds is 4. The molecule has 1 aliphatic rings. The predicted octanol–water partition coefficient (Wildman–Crippen LogP) is 2.27. The van der Waals surface area contributed by atoms with Gasteiger partial charge in [-0.3, -0.25) is 15.1 Å². The van der Waals surface area contributed by atoms with Crippen LogP contribution in [0, 0.1) is 0 Å². The van der Waals surface area contributed by atoms with E-state index in [1.54, 1.807) is 24.2 Å². The Kier molecular flexibility index (Phi) is 4.52. The molecule has 4 nitrogen and oxygen atoms in total. The highest BCUT2D eigenvalue weighted by molar-refractivity contribution is 7.99. The van der Waals surface area contributed by atoms with Gasteiger partial charge in [0.2, 0.25) is 5.91 Å². The number of pyridine rings is 1. The first-order valence-corrected chi connectivity index (χ1v) is 8.06. The van der Waals surface area contributed by atoms with Gasteiger partial charge in [-0.1, -0.05) is 12.1 Å². The van der Waals surface area contributed by atoms with Crippen molar-refractivity contribution in [3.05, 3.63) is 59.9 Å². The number of nitrogens with one attached hydrogen (secondary N) is 2. The Balaban J connectivity index is 1.60. The second kappa shape index (κ2) is 6.74. The number of hydrogen-bond donors (Lipinski definition) is 2. The van der Waals surface area contributed by atoms with E-state index < -0.39 is 0 Å². The quantitative estimate of drug-likeness (QED) is 0.909. The highest BCUT2D eigenvalue weighted by atomic mass is 32.2. The van der Waals surface area contributed by atoms with E-state index in [9.17, 15) is 4.79 Å². The van der Waals surface area contributed by atoms with Crippen molar-refractivity contribution < 1.29 is 4.79 Å². The van der Waals surface area contributed by atoms with E-state index in [4.69, 9.17) is 0 Å². The lowest BCUT2D eigenvalue weighted by atomic mass is 10.1. The Bertz CT molecular complexity index is 595.